The second-order valence-electron chi connectivity index (χ2n) is 7.57. The first-order valence-electron chi connectivity index (χ1n) is 9.50. The molecule has 0 saturated heterocycles. The maximum absolute atomic E-state index is 13.1. The molecule has 0 bridgehead atoms. The van der Waals surface area contributed by atoms with Crippen molar-refractivity contribution in [3.63, 3.8) is 0 Å². The third-order valence-corrected chi connectivity index (χ3v) is 6.51. The molecule has 3 aromatic rings. The van der Waals surface area contributed by atoms with E-state index in [-0.39, 0.29) is 27.8 Å². The number of halogens is 1. The van der Waals surface area contributed by atoms with Crippen molar-refractivity contribution >= 4 is 21.6 Å². The Morgan fingerprint density at radius 3 is 2.80 bits per heavy atom. The van der Waals surface area contributed by atoms with Crippen LogP contribution in [-0.2, 0) is 16.4 Å². The van der Waals surface area contributed by atoms with Crippen LogP contribution in [0.5, 0.6) is 5.75 Å². The van der Waals surface area contributed by atoms with Crippen molar-refractivity contribution in [2.45, 2.75) is 44.2 Å². The number of ether oxygens (including phenoxy) is 1. The summed E-state index contributed by atoms with van der Waals surface area (Å²) in [5, 5.41) is 4.24. The van der Waals surface area contributed by atoms with E-state index in [0.29, 0.717) is 23.6 Å². The Balaban J connectivity index is 1.63. The molecule has 8 nitrogen and oxygen atoms in total. The average molecular weight is 449 g/mol. The van der Waals surface area contributed by atoms with Crippen LogP contribution in [0.3, 0.4) is 0 Å². The Morgan fingerprint density at radius 2 is 2.10 bits per heavy atom. The Kier molecular flexibility index (Phi) is 5.52. The number of nitrogens with zero attached hydrogens (tertiary/aromatic N) is 3. The number of aromatic nitrogens is 3. The van der Waals surface area contributed by atoms with E-state index in [1.165, 1.54) is 6.07 Å². The summed E-state index contributed by atoms with van der Waals surface area (Å²) in [7, 11) is -3.90. The summed E-state index contributed by atoms with van der Waals surface area (Å²) in [5.74, 6) is 0.920. The molecule has 0 fully saturated rings. The fraction of sp³-hybridized carbons (Fsp3) is 0.350. The third kappa shape index (κ3) is 4.05. The summed E-state index contributed by atoms with van der Waals surface area (Å²) in [6.07, 6.45) is 3.81. The van der Waals surface area contributed by atoms with E-state index in [2.05, 4.69) is 19.8 Å². The highest BCUT2D eigenvalue weighted by Gasteiger charge is 2.31. The second-order valence-corrected chi connectivity index (χ2v) is 9.69. The molecule has 3 heterocycles. The van der Waals surface area contributed by atoms with Gasteiger partial charge in [-0.1, -0.05) is 30.6 Å². The molecule has 0 saturated carbocycles. The zero-order valence-electron chi connectivity index (χ0n) is 16.7. The average Bonchev–Trinajstić information content (AvgIpc) is 3.33. The molecule has 2 atom stereocenters. The summed E-state index contributed by atoms with van der Waals surface area (Å²) in [6.45, 7) is 5.64. The smallest absolute Gasteiger partial charge is 0.245 e. The standard InChI is InChI=1S/C20H21ClN4O4S/c1-11(2)17(20-23-19(24-29-20)13-5-4-6-22-10-13)25-30(26,27)15-8-14-7-12(3)28-18(14)16(21)9-15/h4-6,8-12,17,25H,7H2,1-3H3. The summed E-state index contributed by atoms with van der Waals surface area (Å²) in [4.78, 5) is 8.48. The van der Waals surface area contributed by atoms with Crippen molar-refractivity contribution < 1.29 is 17.7 Å². The minimum atomic E-state index is -3.90. The van der Waals surface area contributed by atoms with Crippen LogP contribution in [0.25, 0.3) is 11.4 Å². The van der Waals surface area contributed by atoms with E-state index in [0.717, 1.165) is 5.56 Å². The molecule has 158 valence electrons. The fourth-order valence-electron chi connectivity index (χ4n) is 3.29. The van der Waals surface area contributed by atoms with Crippen molar-refractivity contribution in [2.24, 2.45) is 5.92 Å². The normalized spacial score (nSPS) is 17.0. The number of nitrogens with one attached hydrogen (secondary N) is 1. The van der Waals surface area contributed by atoms with Crippen molar-refractivity contribution in [1.29, 1.82) is 0 Å². The molecular formula is C20H21ClN4O4S. The topological polar surface area (TPSA) is 107 Å². The van der Waals surface area contributed by atoms with Gasteiger partial charge in [-0.2, -0.15) is 9.71 Å². The maximum Gasteiger partial charge on any atom is 0.245 e. The van der Waals surface area contributed by atoms with E-state index >= 15 is 0 Å². The first kappa shape index (κ1) is 20.8. The lowest BCUT2D eigenvalue weighted by Gasteiger charge is -2.19. The van der Waals surface area contributed by atoms with Gasteiger partial charge in [0.25, 0.3) is 0 Å². The van der Waals surface area contributed by atoms with Crippen molar-refractivity contribution in [2.75, 3.05) is 0 Å². The monoisotopic (exact) mass is 448 g/mol. The number of rotatable bonds is 6. The molecule has 0 spiro atoms. The van der Waals surface area contributed by atoms with Gasteiger partial charge in [0.1, 0.15) is 17.9 Å². The van der Waals surface area contributed by atoms with Crippen molar-refractivity contribution in [3.05, 3.63) is 53.1 Å². The molecular weight excluding hydrogens is 428 g/mol. The first-order valence-corrected chi connectivity index (χ1v) is 11.4. The summed E-state index contributed by atoms with van der Waals surface area (Å²) < 4.78 is 39.9. The second kappa shape index (κ2) is 7.98. The van der Waals surface area contributed by atoms with E-state index in [4.69, 9.17) is 20.9 Å². The minimum Gasteiger partial charge on any atom is -0.489 e. The molecule has 4 rings (SSSR count). The lowest BCUT2D eigenvalue weighted by atomic mass is 10.1. The fourth-order valence-corrected chi connectivity index (χ4v) is 5.06. The molecule has 2 unspecified atom stereocenters. The molecule has 1 aliphatic heterocycles. The van der Waals surface area contributed by atoms with Crippen LogP contribution in [0.4, 0.5) is 0 Å². The van der Waals surface area contributed by atoms with Gasteiger partial charge in [0.05, 0.1) is 9.92 Å². The highest BCUT2D eigenvalue weighted by atomic mass is 35.5. The van der Waals surface area contributed by atoms with Gasteiger partial charge in [-0.3, -0.25) is 4.98 Å². The number of sulfonamides is 1. The molecule has 2 aromatic heterocycles. The lowest BCUT2D eigenvalue weighted by Crippen LogP contribution is -2.32. The van der Waals surface area contributed by atoms with Gasteiger partial charge in [-0.05, 0) is 37.1 Å². The van der Waals surface area contributed by atoms with E-state index < -0.39 is 16.1 Å². The number of hydrogen-bond donors (Lipinski definition) is 1. The van der Waals surface area contributed by atoms with E-state index in [1.807, 2.05) is 20.8 Å². The van der Waals surface area contributed by atoms with Gasteiger partial charge < -0.3 is 9.26 Å². The highest BCUT2D eigenvalue weighted by Crippen LogP contribution is 2.38. The molecule has 0 amide bonds. The van der Waals surface area contributed by atoms with Crippen molar-refractivity contribution in [3.8, 4) is 17.1 Å². The SMILES string of the molecule is CC1Cc2cc(S(=O)(=O)NC(c3nc(-c4cccnc4)no3)C(C)C)cc(Cl)c2O1. The van der Waals surface area contributed by atoms with Crippen LogP contribution in [0.2, 0.25) is 5.02 Å². The molecule has 1 aromatic carbocycles. The molecule has 10 heteroatoms. The van der Waals surface area contributed by atoms with Gasteiger partial charge in [-0.25, -0.2) is 8.42 Å². The molecule has 1 N–H and O–H groups in total. The predicted molar refractivity (Wildman–Crippen MR) is 111 cm³/mol. The Labute approximate surface area is 179 Å². The molecule has 30 heavy (non-hydrogen) atoms. The van der Waals surface area contributed by atoms with Gasteiger partial charge in [0, 0.05) is 29.9 Å². The Hall–Kier alpha value is -2.49. The van der Waals surface area contributed by atoms with Crippen LogP contribution >= 0.6 is 11.6 Å². The van der Waals surface area contributed by atoms with Gasteiger partial charge in [0.15, 0.2) is 0 Å². The van der Waals surface area contributed by atoms with Crippen LogP contribution < -0.4 is 9.46 Å². The van der Waals surface area contributed by atoms with Crippen LogP contribution in [-0.4, -0.2) is 29.6 Å². The number of fused-ring (bicyclic) bond motifs is 1. The summed E-state index contributed by atoms with van der Waals surface area (Å²) in [5.41, 5.74) is 1.45. The zero-order valence-corrected chi connectivity index (χ0v) is 18.2. The number of pyridine rings is 1. The summed E-state index contributed by atoms with van der Waals surface area (Å²) >= 11 is 6.27. The predicted octanol–water partition coefficient (Wildman–Crippen LogP) is 3.78. The van der Waals surface area contributed by atoms with Crippen LogP contribution in [0.1, 0.15) is 38.3 Å². The minimum absolute atomic E-state index is 0.0453. The molecule has 1 aliphatic rings. The molecule has 0 radical (unpaired) electrons. The zero-order chi connectivity index (χ0) is 21.5. The lowest BCUT2D eigenvalue weighted by molar-refractivity contribution is 0.255. The van der Waals surface area contributed by atoms with E-state index in [9.17, 15) is 8.42 Å². The first-order chi connectivity index (χ1) is 14.2. The number of benzene rings is 1. The summed E-state index contributed by atoms with van der Waals surface area (Å²) in [6, 6.07) is 5.84. The number of hydrogen-bond acceptors (Lipinski definition) is 7. The quantitative estimate of drug-likeness (QED) is 0.611. The molecule has 0 aliphatic carbocycles. The van der Waals surface area contributed by atoms with Gasteiger partial charge in [0.2, 0.25) is 21.7 Å². The van der Waals surface area contributed by atoms with Crippen LogP contribution in [0.15, 0.2) is 46.1 Å². The highest BCUT2D eigenvalue weighted by molar-refractivity contribution is 7.89. The van der Waals surface area contributed by atoms with Crippen molar-refractivity contribution in [1.82, 2.24) is 19.8 Å². The van der Waals surface area contributed by atoms with Gasteiger partial charge in [-0.15, -0.1) is 0 Å². The Bertz CT molecular complexity index is 1160. The van der Waals surface area contributed by atoms with Gasteiger partial charge >= 0.3 is 0 Å². The maximum atomic E-state index is 13.1. The third-order valence-electron chi connectivity index (χ3n) is 4.81. The largest absolute Gasteiger partial charge is 0.489 e. The van der Waals surface area contributed by atoms with Crippen LogP contribution in [0, 0.1) is 5.92 Å². The Morgan fingerprint density at radius 1 is 1.30 bits per heavy atom. The van der Waals surface area contributed by atoms with E-state index in [1.54, 1.807) is 30.6 Å².